The van der Waals surface area contributed by atoms with Gasteiger partial charge < -0.3 is 5.73 Å². The van der Waals surface area contributed by atoms with Crippen LogP contribution in [0.4, 0.5) is 5.69 Å². The number of hydrogen-bond acceptors (Lipinski definition) is 3. The van der Waals surface area contributed by atoms with E-state index in [1.54, 1.807) is 0 Å². The molecule has 0 atom stereocenters. The van der Waals surface area contributed by atoms with E-state index in [2.05, 4.69) is 4.72 Å². The van der Waals surface area contributed by atoms with Crippen LogP contribution in [-0.4, -0.2) is 14.3 Å². The standard InChI is InChI=1S/C13H10Cl2N2O3S/c14-9-5-10(15)7-11(6-9)17-21(19,20)12-3-1-8(2-4-12)13(16)18/h1-7,17H,(H2,16,18). The highest BCUT2D eigenvalue weighted by molar-refractivity contribution is 7.92. The van der Waals surface area contributed by atoms with Crippen molar-refractivity contribution in [2.45, 2.75) is 4.90 Å². The fraction of sp³-hybridized carbons (Fsp3) is 0. The zero-order valence-electron chi connectivity index (χ0n) is 10.5. The number of benzene rings is 2. The first-order valence-corrected chi connectivity index (χ1v) is 7.90. The molecule has 3 N–H and O–H groups in total. The molecule has 110 valence electrons. The average molecular weight is 345 g/mol. The van der Waals surface area contributed by atoms with Crippen LogP contribution in [-0.2, 0) is 10.0 Å². The fourth-order valence-electron chi connectivity index (χ4n) is 1.63. The van der Waals surface area contributed by atoms with Crippen molar-refractivity contribution in [3.8, 4) is 0 Å². The molecular weight excluding hydrogens is 335 g/mol. The van der Waals surface area contributed by atoms with Crippen molar-refractivity contribution in [2.24, 2.45) is 5.73 Å². The van der Waals surface area contributed by atoms with E-state index in [-0.39, 0.29) is 16.1 Å². The third kappa shape index (κ3) is 3.87. The summed E-state index contributed by atoms with van der Waals surface area (Å²) in [7, 11) is -3.81. The second-order valence-electron chi connectivity index (χ2n) is 4.15. The number of amides is 1. The van der Waals surface area contributed by atoms with Crippen molar-refractivity contribution in [3.05, 3.63) is 58.1 Å². The number of carbonyl (C=O) groups is 1. The monoisotopic (exact) mass is 344 g/mol. The van der Waals surface area contributed by atoms with Crippen LogP contribution in [0.15, 0.2) is 47.4 Å². The number of nitrogens with one attached hydrogen (secondary N) is 1. The van der Waals surface area contributed by atoms with Crippen LogP contribution >= 0.6 is 23.2 Å². The highest BCUT2D eigenvalue weighted by atomic mass is 35.5. The van der Waals surface area contributed by atoms with E-state index in [1.807, 2.05) is 0 Å². The Balaban J connectivity index is 2.31. The summed E-state index contributed by atoms with van der Waals surface area (Å²) >= 11 is 11.6. The molecule has 2 aromatic rings. The predicted molar refractivity (Wildman–Crippen MR) is 82.2 cm³/mol. The number of carbonyl (C=O) groups excluding carboxylic acids is 1. The Labute approximate surface area is 131 Å². The molecule has 21 heavy (non-hydrogen) atoms. The van der Waals surface area contributed by atoms with Gasteiger partial charge in [0.1, 0.15) is 0 Å². The molecule has 0 saturated heterocycles. The average Bonchev–Trinajstić information content (AvgIpc) is 2.37. The van der Waals surface area contributed by atoms with Crippen molar-refractivity contribution in [3.63, 3.8) is 0 Å². The molecule has 2 aromatic carbocycles. The molecule has 0 aliphatic heterocycles. The van der Waals surface area contributed by atoms with Crippen molar-refractivity contribution < 1.29 is 13.2 Å². The van der Waals surface area contributed by atoms with Crippen LogP contribution in [0.25, 0.3) is 0 Å². The number of primary amides is 1. The predicted octanol–water partition coefficient (Wildman–Crippen LogP) is 2.89. The van der Waals surface area contributed by atoms with Gasteiger partial charge in [-0.1, -0.05) is 23.2 Å². The lowest BCUT2D eigenvalue weighted by Crippen LogP contribution is -2.14. The summed E-state index contributed by atoms with van der Waals surface area (Å²) in [5.41, 5.74) is 5.56. The molecule has 5 nitrogen and oxygen atoms in total. The second-order valence-corrected chi connectivity index (χ2v) is 6.71. The second kappa shape index (κ2) is 5.93. The van der Waals surface area contributed by atoms with Gasteiger partial charge in [-0.15, -0.1) is 0 Å². The maximum absolute atomic E-state index is 12.2. The van der Waals surface area contributed by atoms with Crippen molar-refractivity contribution >= 4 is 44.8 Å². The highest BCUT2D eigenvalue weighted by Gasteiger charge is 2.15. The Morgan fingerprint density at radius 2 is 1.52 bits per heavy atom. The highest BCUT2D eigenvalue weighted by Crippen LogP contribution is 2.24. The third-order valence-electron chi connectivity index (χ3n) is 2.56. The summed E-state index contributed by atoms with van der Waals surface area (Å²) in [6.07, 6.45) is 0. The zero-order valence-corrected chi connectivity index (χ0v) is 12.8. The summed E-state index contributed by atoms with van der Waals surface area (Å²) in [5.74, 6) is -0.631. The lowest BCUT2D eigenvalue weighted by atomic mass is 10.2. The third-order valence-corrected chi connectivity index (χ3v) is 4.40. The molecule has 0 heterocycles. The minimum absolute atomic E-state index is 0.0106. The van der Waals surface area contributed by atoms with Gasteiger partial charge in [-0.05, 0) is 42.5 Å². The first-order chi connectivity index (χ1) is 9.78. The maximum Gasteiger partial charge on any atom is 0.261 e. The van der Waals surface area contributed by atoms with Gasteiger partial charge >= 0.3 is 0 Å². The molecule has 0 fully saturated rings. The number of sulfonamides is 1. The molecule has 0 aliphatic carbocycles. The Kier molecular flexibility index (Phi) is 4.41. The summed E-state index contributed by atoms with van der Waals surface area (Å²) in [5, 5.41) is 0.619. The van der Waals surface area contributed by atoms with E-state index >= 15 is 0 Å². The number of anilines is 1. The first-order valence-electron chi connectivity index (χ1n) is 5.67. The molecule has 0 bridgehead atoms. The summed E-state index contributed by atoms with van der Waals surface area (Å²) < 4.78 is 26.7. The van der Waals surface area contributed by atoms with Gasteiger partial charge in [-0.25, -0.2) is 8.42 Å². The quantitative estimate of drug-likeness (QED) is 0.893. The Morgan fingerprint density at radius 3 is 2.00 bits per heavy atom. The van der Waals surface area contributed by atoms with Gasteiger partial charge in [0.15, 0.2) is 0 Å². The van der Waals surface area contributed by atoms with E-state index < -0.39 is 15.9 Å². The van der Waals surface area contributed by atoms with Crippen LogP contribution < -0.4 is 10.5 Å². The van der Waals surface area contributed by atoms with Gasteiger partial charge in [0.05, 0.1) is 10.6 Å². The lowest BCUT2D eigenvalue weighted by Gasteiger charge is -2.09. The Morgan fingerprint density at radius 1 is 1.00 bits per heavy atom. The van der Waals surface area contributed by atoms with Crippen LogP contribution in [0.5, 0.6) is 0 Å². The number of rotatable bonds is 4. The Hall–Kier alpha value is -1.76. The van der Waals surface area contributed by atoms with E-state index in [0.717, 1.165) is 0 Å². The number of hydrogen-bond donors (Lipinski definition) is 2. The topological polar surface area (TPSA) is 89.3 Å². The van der Waals surface area contributed by atoms with Crippen molar-refractivity contribution in [1.82, 2.24) is 0 Å². The summed E-state index contributed by atoms with van der Waals surface area (Å²) in [4.78, 5) is 10.9. The molecule has 2 rings (SSSR count). The van der Waals surface area contributed by atoms with Gasteiger partial charge in [0.2, 0.25) is 5.91 Å². The lowest BCUT2D eigenvalue weighted by molar-refractivity contribution is 0.1000. The van der Waals surface area contributed by atoms with Crippen molar-refractivity contribution in [2.75, 3.05) is 4.72 Å². The van der Waals surface area contributed by atoms with E-state index in [9.17, 15) is 13.2 Å². The molecule has 0 aliphatic rings. The zero-order chi connectivity index (χ0) is 15.6. The van der Waals surface area contributed by atoms with E-state index in [0.29, 0.717) is 10.0 Å². The van der Waals surface area contributed by atoms with E-state index in [1.165, 1.54) is 42.5 Å². The minimum Gasteiger partial charge on any atom is -0.366 e. The van der Waals surface area contributed by atoms with Gasteiger partial charge in [0.25, 0.3) is 10.0 Å². The van der Waals surface area contributed by atoms with Gasteiger partial charge in [-0.3, -0.25) is 9.52 Å². The first kappa shape index (κ1) is 15.6. The van der Waals surface area contributed by atoms with Crippen LogP contribution in [0.3, 0.4) is 0 Å². The molecule has 0 radical (unpaired) electrons. The van der Waals surface area contributed by atoms with E-state index in [4.69, 9.17) is 28.9 Å². The maximum atomic E-state index is 12.2. The van der Waals surface area contributed by atoms with Crippen LogP contribution in [0.1, 0.15) is 10.4 Å². The summed E-state index contributed by atoms with van der Waals surface area (Å²) in [6.45, 7) is 0. The largest absolute Gasteiger partial charge is 0.366 e. The molecule has 0 aromatic heterocycles. The number of nitrogens with two attached hydrogens (primary N) is 1. The molecule has 8 heteroatoms. The van der Waals surface area contributed by atoms with Gasteiger partial charge in [-0.2, -0.15) is 0 Å². The molecule has 1 amide bonds. The molecular formula is C13H10Cl2N2O3S. The normalized spacial score (nSPS) is 11.1. The Bertz CT molecular complexity index is 769. The van der Waals surface area contributed by atoms with Crippen molar-refractivity contribution in [1.29, 1.82) is 0 Å². The smallest absolute Gasteiger partial charge is 0.261 e. The summed E-state index contributed by atoms with van der Waals surface area (Å²) in [6, 6.07) is 9.60. The number of halogens is 2. The van der Waals surface area contributed by atoms with Crippen LogP contribution in [0.2, 0.25) is 10.0 Å². The molecule has 0 unspecified atom stereocenters. The SMILES string of the molecule is NC(=O)c1ccc(S(=O)(=O)Nc2cc(Cl)cc(Cl)c2)cc1. The van der Waals surface area contributed by atoms with Crippen LogP contribution in [0, 0.1) is 0 Å². The molecule has 0 saturated carbocycles. The fourth-order valence-corrected chi connectivity index (χ4v) is 3.19. The van der Waals surface area contributed by atoms with Gasteiger partial charge in [0, 0.05) is 15.6 Å². The minimum atomic E-state index is -3.81. The molecule has 0 spiro atoms.